The van der Waals surface area contributed by atoms with Crippen molar-refractivity contribution in [2.45, 2.75) is 27.4 Å². The van der Waals surface area contributed by atoms with Gasteiger partial charge in [0.2, 0.25) is 0 Å². The second kappa shape index (κ2) is 8.68. The molecule has 0 aliphatic carbocycles. The molecule has 136 valence electrons. The van der Waals surface area contributed by atoms with Gasteiger partial charge in [0.1, 0.15) is 17.5 Å². The van der Waals surface area contributed by atoms with Crippen LogP contribution >= 0.6 is 11.6 Å². The van der Waals surface area contributed by atoms with Gasteiger partial charge in [0, 0.05) is 23.9 Å². The maximum Gasteiger partial charge on any atom is 0.123 e. The maximum atomic E-state index is 8.16. The van der Waals surface area contributed by atoms with Crippen LogP contribution in [0.4, 0.5) is 5.69 Å². The molecule has 26 heavy (non-hydrogen) atoms. The van der Waals surface area contributed by atoms with Crippen LogP contribution < -0.4 is 10.1 Å². The lowest BCUT2D eigenvalue weighted by molar-refractivity contribution is 0.303. The molecule has 2 aromatic carbocycles. The Bertz CT molecular complexity index is 872. The number of hydrogen-bond acceptors (Lipinski definition) is 4. The summed E-state index contributed by atoms with van der Waals surface area (Å²) >= 11 is 5.52. The van der Waals surface area contributed by atoms with Gasteiger partial charge in [-0.2, -0.15) is 0 Å². The van der Waals surface area contributed by atoms with Gasteiger partial charge >= 0.3 is 0 Å². The van der Waals surface area contributed by atoms with E-state index in [9.17, 15) is 0 Å². The Balaban J connectivity index is 2.24. The third-order valence-corrected chi connectivity index (χ3v) is 4.39. The molecule has 0 atom stereocenters. The molecule has 0 spiro atoms. The average molecular weight is 370 g/mol. The smallest absolute Gasteiger partial charge is 0.123 e. The Morgan fingerprint density at radius 1 is 1.08 bits per heavy atom. The van der Waals surface area contributed by atoms with Crippen molar-refractivity contribution in [2.75, 3.05) is 12.4 Å². The van der Waals surface area contributed by atoms with Gasteiger partial charge < -0.3 is 15.5 Å². The van der Waals surface area contributed by atoms with Crippen molar-refractivity contribution < 1.29 is 4.74 Å². The summed E-state index contributed by atoms with van der Waals surface area (Å²) in [5.74, 6) is 0.804. The van der Waals surface area contributed by atoms with E-state index >= 15 is 0 Å². The van der Waals surface area contributed by atoms with Gasteiger partial charge in [0.05, 0.1) is 5.71 Å². The van der Waals surface area contributed by atoms with Gasteiger partial charge in [0.25, 0.3) is 0 Å². The molecular weight excluding hydrogens is 346 g/mol. The highest BCUT2D eigenvalue weighted by atomic mass is 35.5. The molecule has 5 heteroatoms. The van der Waals surface area contributed by atoms with Crippen molar-refractivity contribution in [1.29, 1.82) is 10.8 Å². The third kappa shape index (κ3) is 4.73. The number of benzene rings is 2. The monoisotopic (exact) mass is 369 g/mol. The van der Waals surface area contributed by atoms with Crippen LogP contribution in [0.15, 0.2) is 42.5 Å². The Morgan fingerprint density at radius 2 is 1.81 bits per heavy atom. The minimum atomic E-state index is -0.0948. The first kappa shape index (κ1) is 19.7. The van der Waals surface area contributed by atoms with Gasteiger partial charge in [-0.25, -0.2) is 0 Å². The summed E-state index contributed by atoms with van der Waals surface area (Å²) in [5, 5.41) is 18.5. The van der Waals surface area contributed by atoms with Crippen LogP contribution in [-0.2, 0) is 6.61 Å². The molecule has 0 saturated carbocycles. The van der Waals surface area contributed by atoms with E-state index in [-0.39, 0.29) is 5.17 Å². The Labute approximate surface area is 159 Å². The quantitative estimate of drug-likeness (QED) is 0.574. The molecule has 2 rings (SSSR count). The SMILES string of the molecule is CNc1cccc(C)c1COc1cc(C)c(C(=N)/C=C\C(=N)Cl)cc1C. The minimum Gasteiger partial charge on any atom is -0.489 e. The second-order valence-electron chi connectivity index (χ2n) is 6.17. The molecule has 0 bridgehead atoms. The highest BCUT2D eigenvalue weighted by Crippen LogP contribution is 2.26. The fraction of sp³-hybridized carbons (Fsp3) is 0.238. The average Bonchev–Trinajstić information content (AvgIpc) is 2.60. The zero-order valence-corrected chi connectivity index (χ0v) is 16.3. The zero-order chi connectivity index (χ0) is 19.3. The van der Waals surface area contributed by atoms with Gasteiger partial charge in [0.15, 0.2) is 0 Å². The molecule has 0 radical (unpaired) electrons. The number of anilines is 1. The van der Waals surface area contributed by atoms with E-state index in [1.807, 2.05) is 45.2 Å². The van der Waals surface area contributed by atoms with Crippen LogP contribution in [0.3, 0.4) is 0 Å². The van der Waals surface area contributed by atoms with Crippen LogP contribution in [0.2, 0.25) is 0 Å². The van der Waals surface area contributed by atoms with Crippen molar-refractivity contribution in [1.82, 2.24) is 0 Å². The summed E-state index contributed by atoms with van der Waals surface area (Å²) in [5.41, 5.74) is 6.40. The number of aryl methyl sites for hydroxylation is 3. The molecule has 3 N–H and O–H groups in total. The zero-order valence-electron chi connectivity index (χ0n) is 15.5. The number of nitrogens with one attached hydrogen (secondary N) is 3. The van der Waals surface area contributed by atoms with Gasteiger partial charge in [-0.05, 0) is 67.8 Å². The topological polar surface area (TPSA) is 69.0 Å². The van der Waals surface area contributed by atoms with E-state index < -0.39 is 0 Å². The lowest BCUT2D eigenvalue weighted by Gasteiger charge is -2.16. The maximum absolute atomic E-state index is 8.16. The van der Waals surface area contributed by atoms with E-state index in [0.29, 0.717) is 12.3 Å². The van der Waals surface area contributed by atoms with Gasteiger partial charge in [-0.15, -0.1) is 0 Å². The van der Waals surface area contributed by atoms with Crippen molar-refractivity contribution in [3.05, 3.63) is 70.3 Å². The van der Waals surface area contributed by atoms with Crippen LogP contribution in [-0.4, -0.2) is 17.9 Å². The van der Waals surface area contributed by atoms with Crippen LogP contribution in [0.1, 0.15) is 27.8 Å². The predicted octanol–water partition coefficient (Wildman–Crippen LogP) is 5.37. The highest BCUT2D eigenvalue weighted by Gasteiger charge is 2.10. The third-order valence-electron chi connectivity index (χ3n) is 4.26. The summed E-state index contributed by atoms with van der Waals surface area (Å²) in [6.45, 7) is 6.46. The van der Waals surface area contributed by atoms with Crippen molar-refractivity contribution >= 4 is 28.2 Å². The fourth-order valence-corrected chi connectivity index (χ4v) is 2.82. The first-order valence-corrected chi connectivity index (χ1v) is 8.72. The van der Waals surface area contributed by atoms with E-state index in [0.717, 1.165) is 33.7 Å². The second-order valence-corrected chi connectivity index (χ2v) is 6.57. The summed E-state index contributed by atoms with van der Waals surface area (Å²) in [4.78, 5) is 0. The molecule has 0 amide bonds. The molecule has 4 nitrogen and oxygen atoms in total. The predicted molar refractivity (Wildman–Crippen MR) is 111 cm³/mol. The van der Waals surface area contributed by atoms with Crippen molar-refractivity contribution in [3.63, 3.8) is 0 Å². The van der Waals surface area contributed by atoms with Crippen molar-refractivity contribution in [3.8, 4) is 5.75 Å². The molecule has 2 aromatic rings. The van der Waals surface area contributed by atoms with Crippen LogP contribution in [0, 0.1) is 31.6 Å². The fourth-order valence-electron chi connectivity index (χ4n) is 2.76. The number of hydrogen-bond donors (Lipinski definition) is 3. The van der Waals surface area contributed by atoms with E-state index in [1.54, 1.807) is 0 Å². The summed E-state index contributed by atoms with van der Waals surface area (Å²) in [6.07, 6.45) is 2.94. The molecular formula is C21H24ClN3O. The van der Waals surface area contributed by atoms with Crippen molar-refractivity contribution in [2.24, 2.45) is 0 Å². The molecule has 0 aromatic heterocycles. The summed E-state index contributed by atoms with van der Waals surface area (Å²) in [7, 11) is 1.90. The number of rotatable bonds is 7. The summed E-state index contributed by atoms with van der Waals surface area (Å²) in [6, 6.07) is 10.0. The lowest BCUT2D eigenvalue weighted by atomic mass is 10.00. The van der Waals surface area contributed by atoms with E-state index in [4.69, 9.17) is 27.2 Å². The van der Waals surface area contributed by atoms with Crippen LogP contribution in [0.25, 0.3) is 0 Å². The highest BCUT2D eigenvalue weighted by molar-refractivity contribution is 6.67. The number of allylic oxidation sites excluding steroid dienone is 2. The molecule has 0 heterocycles. The van der Waals surface area contributed by atoms with Gasteiger partial charge in [-0.1, -0.05) is 23.7 Å². The molecule has 0 aliphatic rings. The standard InChI is InChI=1S/C21H24ClN3O/c1-13-6-5-7-19(25-4)17(13)12-26-20-11-14(2)16(10-15(20)3)18(23)8-9-21(22)24/h5-11,23-25H,12H2,1-4H3/b9-8-,23-18?,24-21?. The first-order valence-electron chi connectivity index (χ1n) is 8.34. The Morgan fingerprint density at radius 3 is 2.46 bits per heavy atom. The summed E-state index contributed by atoms with van der Waals surface area (Å²) < 4.78 is 6.08. The molecule has 0 fully saturated rings. The lowest BCUT2D eigenvalue weighted by Crippen LogP contribution is -2.05. The van der Waals surface area contributed by atoms with Crippen LogP contribution in [0.5, 0.6) is 5.75 Å². The van der Waals surface area contributed by atoms with Gasteiger partial charge in [-0.3, -0.25) is 5.41 Å². The first-order chi connectivity index (χ1) is 12.3. The Hall–Kier alpha value is -2.59. The van der Waals surface area contributed by atoms with E-state index in [2.05, 4.69) is 18.3 Å². The number of ether oxygens (including phenoxy) is 1. The largest absolute Gasteiger partial charge is 0.489 e. The van der Waals surface area contributed by atoms with E-state index in [1.165, 1.54) is 17.7 Å². The molecule has 0 aliphatic heterocycles. The number of halogens is 1. The Kier molecular flexibility index (Phi) is 6.58. The minimum absolute atomic E-state index is 0.0948. The molecule has 0 unspecified atom stereocenters. The normalized spacial score (nSPS) is 10.8. The molecule has 0 saturated heterocycles.